The molecule has 0 bridgehead atoms. The van der Waals surface area contributed by atoms with Crippen LogP contribution in [0.25, 0.3) is 0 Å². The quantitative estimate of drug-likeness (QED) is 0.346. The molecule has 0 fully saturated rings. The zero-order valence-electron chi connectivity index (χ0n) is 8.47. The summed E-state index contributed by atoms with van der Waals surface area (Å²) in [4.78, 5) is 10.9. The summed E-state index contributed by atoms with van der Waals surface area (Å²) in [6.45, 7) is 9.02. The lowest BCUT2D eigenvalue weighted by Crippen LogP contribution is -2.06. The molecule has 0 saturated heterocycles. The van der Waals surface area contributed by atoms with E-state index in [1.807, 2.05) is 6.92 Å². The first-order chi connectivity index (χ1) is 6.18. The van der Waals surface area contributed by atoms with Gasteiger partial charge in [0.1, 0.15) is 0 Å². The Morgan fingerprint density at radius 3 is 2.46 bits per heavy atom. The first-order valence-electron chi connectivity index (χ1n) is 4.58. The van der Waals surface area contributed by atoms with Gasteiger partial charge in [-0.3, -0.25) is 0 Å². The number of hydrogen-bond acceptors (Lipinski definition) is 3. The minimum Gasteiger partial charge on any atom is -0.462 e. The highest BCUT2D eigenvalue weighted by Gasteiger charge is 2.01. The normalized spacial score (nSPS) is 9.69. The molecular formula is C10H18O3. The summed E-state index contributed by atoms with van der Waals surface area (Å²) >= 11 is 0. The molecule has 0 aromatic heterocycles. The Labute approximate surface area is 79.7 Å². The molecule has 0 spiro atoms. The molecular weight excluding hydrogens is 168 g/mol. The molecule has 0 N–H and O–H groups in total. The van der Waals surface area contributed by atoms with Crippen molar-refractivity contribution in [2.24, 2.45) is 0 Å². The van der Waals surface area contributed by atoms with Crippen LogP contribution in [-0.4, -0.2) is 25.8 Å². The molecule has 13 heavy (non-hydrogen) atoms. The molecule has 0 aliphatic heterocycles. The number of rotatable bonds is 7. The number of ether oxygens (including phenoxy) is 2. The second-order valence-electron chi connectivity index (χ2n) is 2.82. The van der Waals surface area contributed by atoms with Gasteiger partial charge < -0.3 is 9.47 Å². The van der Waals surface area contributed by atoms with Crippen LogP contribution in [-0.2, 0) is 14.3 Å². The lowest BCUT2D eigenvalue weighted by molar-refractivity contribution is -0.139. The molecule has 0 amide bonds. The Balaban J connectivity index is 3.16. The van der Waals surface area contributed by atoms with Crippen LogP contribution in [0, 0.1) is 0 Å². The Kier molecular flexibility index (Phi) is 7.30. The van der Waals surface area contributed by atoms with Crippen molar-refractivity contribution >= 4 is 5.97 Å². The van der Waals surface area contributed by atoms with E-state index in [0.29, 0.717) is 12.2 Å². The van der Waals surface area contributed by atoms with Crippen molar-refractivity contribution in [1.82, 2.24) is 0 Å². The van der Waals surface area contributed by atoms with Crippen LogP contribution in [0.1, 0.15) is 26.7 Å². The third-order valence-electron chi connectivity index (χ3n) is 1.47. The molecule has 0 saturated carbocycles. The number of carbonyl (C=O) groups excluding carboxylic acids is 1. The maximum atomic E-state index is 10.9. The van der Waals surface area contributed by atoms with Crippen molar-refractivity contribution in [1.29, 1.82) is 0 Å². The van der Waals surface area contributed by atoms with E-state index in [-0.39, 0.29) is 5.97 Å². The summed E-state index contributed by atoms with van der Waals surface area (Å²) in [6.07, 6.45) is 1.77. The predicted molar refractivity (Wildman–Crippen MR) is 51.5 cm³/mol. The van der Waals surface area contributed by atoms with E-state index in [9.17, 15) is 4.79 Å². The van der Waals surface area contributed by atoms with E-state index in [2.05, 4.69) is 6.58 Å². The Morgan fingerprint density at radius 2 is 1.92 bits per heavy atom. The lowest BCUT2D eigenvalue weighted by atomic mass is 10.3. The maximum Gasteiger partial charge on any atom is 0.333 e. The molecule has 0 aromatic carbocycles. The minimum absolute atomic E-state index is 0.309. The van der Waals surface area contributed by atoms with Crippen LogP contribution in [0.5, 0.6) is 0 Å². The zero-order chi connectivity index (χ0) is 10.1. The summed E-state index contributed by atoms with van der Waals surface area (Å²) in [5.74, 6) is -0.309. The van der Waals surface area contributed by atoms with Crippen molar-refractivity contribution in [3.05, 3.63) is 12.2 Å². The Bertz CT molecular complexity index is 164. The van der Waals surface area contributed by atoms with Crippen LogP contribution in [0.2, 0.25) is 0 Å². The van der Waals surface area contributed by atoms with Gasteiger partial charge in [0.15, 0.2) is 0 Å². The van der Waals surface area contributed by atoms with Gasteiger partial charge >= 0.3 is 5.97 Å². The second-order valence-corrected chi connectivity index (χ2v) is 2.82. The first kappa shape index (κ1) is 12.2. The summed E-state index contributed by atoms with van der Waals surface area (Å²) < 4.78 is 10.0. The van der Waals surface area contributed by atoms with Crippen LogP contribution in [0.3, 0.4) is 0 Å². The fourth-order valence-electron chi connectivity index (χ4n) is 0.739. The number of esters is 1. The molecule has 0 aliphatic rings. The summed E-state index contributed by atoms with van der Waals surface area (Å²) in [6, 6.07) is 0. The first-order valence-corrected chi connectivity index (χ1v) is 4.58. The van der Waals surface area contributed by atoms with Gasteiger partial charge in [0, 0.05) is 18.8 Å². The highest BCUT2D eigenvalue weighted by molar-refractivity contribution is 5.86. The largest absolute Gasteiger partial charge is 0.462 e. The fourth-order valence-corrected chi connectivity index (χ4v) is 0.739. The average molecular weight is 186 g/mol. The summed E-state index contributed by atoms with van der Waals surface area (Å²) in [7, 11) is 0. The highest BCUT2D eigenvalue weighted by atomic mass is 16.5. The molecule has 0 unspecified atom stereocenters. The van der Waals surface area contributed by atoms with Crippen LogP contribution in [0.15, 0.2) is 12.2 Å². The van der Waals surface area contributed by atoms with Gasteiger partial charge in [-0.25, -0.2) is 4.79 Å². The molecule has 0 heterocycles. The van der Waals surface area contributed by atoms with Gasteiger partial charge in [0.2, 0.25) is 0 Å². The van der Waals surface area contributed by atoms with Gasteiger partial charge in [-0.15, -0.1) is 0 Å². The summed E-state index contributed by atoms with van der Waals surface area (Å²) in [5, 5.41) is 0. The summed E-state index contributed by atoms with van der Waals surface area (Å²) in [5.41, 5.74) is 0.449. The number of unbranched alkanes of at least 4 members (excludes halogenated alkanes) is 1. The molecule has 76 valence electrons. The third kappa shape index (κ3) is 7.53. The minimum atomic E-state index is -0.309. The van der Waals surface area contributed by atoms with Gasteiger partial charge in [-0.1, -0.05) is 6.58 Å². The average Bonchev–Trinajstić information content (AvgIpc) is 2.10. The van der Waals surface area contributed by atoms with E-state index in [0.717, 1.165) is 26.1 Å². The maximum absolute atomic E-state index is 10.9. The lowest BCUT2D eigenvalue weighted by Gasteiger charge is -2.03. The monoisotopic (exact) mass is 186 g/mol. The molecule has 3 nitrogen and oxygen atoms in total. The SMILES string of the molecule is C=C(C)C(=O)OCCCCOCC. The van der Waals surface area contributed by atoms with Crippen molar-refractivity contribution in [2.75, 3.05) is 19.8 Å². The van der Waals surface area contributed by atoms with Crippen molar-refractivity contribution in [2.45, 2.75) is 26.7 Å². The van der Waals surface area contributed by atoms with Gasteiger partial charge in [-0.2, -0.15) is 0 Å². The van der Waals surface area contributed by atoms with E-state index in [1.54, 1.807) is 6.92 Å². The van der Waals surface area contributed by atoms with Crippen LogP contribution < -0.4 is 0 Å². The van der Waals surface area contributed by atoms with Gasteiger partial charge in [0.25, 0.3) is 0 Å². The van der Waals surface area contributed by atoms with Crippen LogP contribution in [0.4, 0.5) is 0 Å². The molecule has 3 heteroatoms. The number of carbonyl (C=O) groups is 1. The van der Waals surface area contributed by atoms with Crippen molar-refractivity contribution in [3.8, 4) is 0 Å². The fraction of sp³-hybridized carbons (Fsp3) is 0.700. The number of hydrogen-bond donors (Lipinski definition) is 0. The third-order valence-corrected chi connectivity index (χ3v) is 1.47. The van der Waals surface area contributed by atoms with Gasteiger partial charge in [-0.05, 0) is 26.7 Å². The molecule has 0 aliphatic carbocycles. The highest BCUT2D eigenvalue weighted by Crippen LogP contribution is 1.96. The molecule has 0 rings (SSSR count). The standard InChI is InChI=1S/C10H18O3/c1-4-12-7-5-6-8-13-10(11)9(2)3/h2,4-8H2,1,3H3. The Morgan fingerprint density at radius 1 is 1.31 bits per heavy atom. The predicted octanol–water partition coefficient (Wildman–Crippen LogP) is 1.92. The van der Waals surface area contributed by atoms with E-state index < -0.39 is 0 Å². The topological polar surface area (TPSA) is 35.5 Å². The van der Waals surface area contributed by atoms with Crippen molar-refractivity contribution < 1.29 is 14.3 Å². The second kappa shape index (κ2) is 7.80. The van der Waals surface area contributed by atoms with Crippen molar-refractivity contribution in [3.63, 3.8) is 0 Å². The van der Waals surface area contributed by atoms with E-state index in [1.165, 1.54) is 0 Å². The van der Waals surface area contributed by atoms with E-state index >= 15 is 0 Å². The van der Waals surface area contributed by atoms with E-state index in [4.69, 9.17) is 9.47 Å². The molecule has 0 atom stereocenters. The smallest absolute Gasteiger partial charge is 0.333 e. The molecule has 0 aromatic rings. The Hall–Kier alpha value is -0.830. The zero-order valence-corrected chi connectivity index (χ0v) is 8.47. The van der Waals surface area contributed by atoms with Crippen LogP contribution >= 0.6 is 0 Å². The van der Waals surface area contributed by atoms with Gasteiger partial charge in [0.05, 0.1) is 6.61 Å². The molecule has 0 radical (unpaired) electrons.